The van der Waals surface area contributed by atoms with E-state index in [9.17, 15) is 8.42 Å². The minimum absolute atomic E-state index is 0.0489. The van der Waals surface area contributed by atoms with Crippen LogP contribution in [0.4, 0.5) is 0 Å². The summed E-state index contributed by atoms with van der Waals surface area (Å²) in [6.45, 7) is 1.95. The zero-order chi connectivity index (χ0) is 9.90. The summed E-state index contributed by atoms with van der Waals surface area (Å²) in [7, 11) is -3.48. The quantitative estimate of drug-likeness (QED) is 0.587. The number of hydrogen-bond acceptors (Lipinski definition) is 4. The van der Waals surface area contributed by atoms with E-state index in [0.717, 1.165) is 0 Å². The fourth-order valence-electron chi connectivity index (χ4n) is 0.769. The normalized spacial score (nSPS) is 14.3. The highest BCUT2D eigenvalue weighted by molar-refractivity contribution is 7.89. The Morgan fingerprint density at radius 3 is 2.92 bits per heavy atom. The van der Waals surface area contributed by atoms with Crippen LogP contribution >= 0.6 is 0 Å². The van der Waals surface area contributed by atoms with Gasteiger partial charge in [-0.2, -0.15) is 5.10 Å². The van der Waals surface area contributed by atoms with Crippen LogP contribution in [0.25, 0.3) is 0 Å². The molecule has 1 aromatic rings. The lowest BCUT2D eigenvalue weighted by Gasteiger charge is -2.09. The standard InChI is InChI=1S/C6H12N4O2S/c1-5(4-7)10-13(11,12)6-2-3-8-9-6/h2-3,5,10H,4,7H2,1H3,(H,8,9). The second-order valence-corrected chi connectivity index (χ2v) is 4.36. The molecule has 13 heavy (non-hydrogen) atoms. The van der Waals surface area contributed by atoms with Crippen LogP contribution in [-0.4, -0.2) is 31.2 Å². The molecule has 1 heterocycles. The Balaban J connectivity index is 2.79. The predicted octanol–water partition coefficient (Wildman–Crippen LogP) is -0.965. The molecule has 0 saturated carbocycles. The average Bonchev–Trinajstić information content (AvgIpc) is 2.55. The van der Waals surface area contributed by atoms with Gasteiger partial charge in [-0.1, -0.05) is 0 Å². The molecule has 0 aliphatic heterocycles. The second-order valence-electron chi connectivity index (χ2n) is 2.68. The molecule has 0 bridgehead atoms. The molecular formula is C6H12N4O2S. The summed E-state index contributed by atoms with van der Waals surface area (Å²) in [5.74, 6) is 0. The summed E-state index contributed by atoms with van der Waals surface area (Å²) >= 11 is 0. The monoisotopic (exact) mass is 204 g/mol. The van der Waals surface area contributed by atoms with Gasteiger partial charge in [0.2, 0.25) is 0 Å². The third-order valence-corrected chi connectivity index (χ3v) is 2.99. The van der Waals surface area contributed by atoms with Crippen molar-refractivity contribution < 1.29 is 8.42 Å². The predicted molar refractivity (Wildman–Crippen MR) is 47.4 cm³/mol. The van der Waals surface area contributed by atoms with Gasteiger partial charge in [-0.3, -0.25) is 5.10 Å². The van der Waals surface area contributed by atoms with Gasteiger partial charge in [-0.05, 0) is 13.0 Å². The van der Waals surface area contributed by atoms with E-state index in [-0.39, 0.29) is 17.6 Å². The number of aromatic nitrogens is 2. The first-order valence-corrected chi connectivity index (χ1v) is 5.26. The maximum atomic E-state index is 11.4. The highest BCUT2D eigenvalue weighted by Crippen LogP contribution is 2.02. The van der Waals surface area contributed by atoms with Gasteiger partial charge < -0.3 is 5.73 Å². The maximum absolute atomic E-state index is 11.4. The van der Waals surface area contributed by atoms with Crippen LogP contribution in [-0.2, 0) is 10.0 Å². The molecule has 74 valence electrons. The minimum atomic E-state index is -3.48. The van der Waals surface area contributed by atoms with Gasteiger partial charge in [0.05, 0.1) is 6.20 Å². The second kappa shape index (κ2) is 3.86. The summed E-state index contributed by atoms with van der Waals surface area (Å²) in [5, 5.41) is 5.96. The van der Waals surface area contributed by atoms with E-state index in [4.69, 9.17) is 5.73 Å². The molecule has 0 radical (unpaired) electrons. The van der Waals surface area contributed by atoms with Crippen molar-refractivity contribution in [2.24, 2.45) is 5.73 Å². The molecular weight excluding hydrogens is 192 g/mol. The van der Waals surface area contributed by atoms with E-state index in [1.807, 2.05) is 0 Å². The first-order chi connectivity index (χ1) is 6.06. The zero-order valence-electron chi connectivity index (χ0n) is 7.19. The highest BCUT2D eigenvalue weighted by atomic mass is 32.2. The number of nitrogens with zero attached hydrogens (tertiary/aromatic N) is 1. The third-order valence-electron chi connectivity index (χ3n) is 1.47. The fourth-order valence-corrected chi connectivity index (χ4v) is 1.94. The molecule has 4 N–H and O–H groups in total. The molecule has 0 aromatic carbocycles. The topological polar surface area (TPSA) is 101 Å². The number of nitrogens with two attached hydrogens (primary N) is 1. The molecule has 0 saturated heterocycles. The maximum Gasteiger partial charge on any atom is 0.257 e. The van der Waals surface area contributed by atoms with Crippen molar-refractivity contribution in [1.82, 2.24) is 14.9 Å². The molecule has 1 atom stereocenters. The molecule has 1 aromatic heterocycles. The van der Waals surface area contributed by atoms with Gasteiger partial charge >= 0.3 is 0 Å². The van der Waals surface area contributed by atoms with Gasteiger partial charge in [-0.25, -0.2) is 13.1 Å². The molecule has 0 aliphatic carbocycles. The van der Waals surface area contributed by atoms with Crippen LogP contribution < -0.4 is 10.5 Å². The Hall–Kier alpha value is -0.920. The lowest BCUT2D eigenvalue weighted by molar-refractivity contribution is 0.558. The van der Waals surface area contributed by atoms with Crippen LogP contribution in [0.3, 0.4) is 0 Å². The van der Waals surface area contributed by atoms with Crippen LogP contribution in [0.2, 0.25) is 0 Å². The fraction of sp³-hybridized carbons (Fsp3) is 0.500. The number of rotatable bonds is 4. The van der Waals surface area contributed by atoms with Gasteiger partial charge in [-0.15, -0.1) is 0 Å². The van der Waals surface area contributed by atoms with Crippen LogP contribution in [0.15, 0.2) is 17.3 Å². The molecule has 0 spiro atoms. The van der Waals surface area contributed by atoms with Crippen molar-refractivity contribution in [3.8, 4) is 0 Å². The Bertz CT molecular complexity index is 345. The Morgan fingerprint density at radius 1 is 1.77 bits per heavy atom. The number of nitrogens with one attached hydrogen (secondary N) is 2. The Kier molecular flexibility index (Phi) is 3.02. The summed E-state index contributed by atoms with van der Waals surface area (Å²) in [6, 6.07) is 1.10. The minimum Gasteiger partial charge on any atom is -0.329 e. The van der Waals surface area contributed by atoms with Crippen molar-refractivity contribution in [2.75, 3.05) is 6.54 Å². The Morgan fingerprint density at radius 2 is 2.46 bits per heavy atom. The molecule has 7 heteroatoms. The first-order valence-electron chi connectivity index (χ1n) is 3.78. The van der Waals surface area contributed by atoms with E-state index in [2.05, 4.69) is 14.9 Å². The SMILES string of the molecule is CC(CN)NS(=O)(=O)c1ccn[nH]1. The Labute approximate surface area is 76.6 Å². The summed E-state index contributed by atoms with van der Waals surface area (Å²) in [6.07, 6.45) is 1.38. The number of H-pyrrole nitrogens is 1. The molecule has 0 aliphatic rings. The van der Waals surface area contributed by atoms with Gasteiger partial charge in [0.25, 0.3) is 10.0 Å². The van der Waals surface area contributed by atoms with E-state index in [1.54, 1.807) is 6.92 Å². The average molecular weight is 204 g/mol. The number of hydrogen-bond donors (Lipinski definition) is 3. The van der Waals surface area contributed by atoms with Crippen LogP contribution in [0, 0.1) is 0 Å². The van der Waals surface area contributed by atoms with E-state index in [0.29, 0.717) is 0 Å². The molecule has 0 amide bonds. The van der Waals surface area contributed by atoms with Crippen molar-refractivity contribution >= 4 is 10.0 Å². The van der Waals surface area contributed by atoms with Crippen molar-refractivity contribution in [2.45, 2.75) is 18.0 Å². The molecule has 1 rings (SSSR count). The lowest BCUT2D eigenvalue weighted by Crippen LogP contribution is -2.37. The van der Waals surface area contributed by atoms with Gasteiger partial charge in [0.1, 0.15) is 0 Å². The molecule has 1 unspecified atom stereocenters. The smallest absolute Gasteiger partial charge is 0.257 e. The lowest BCUT2D eigenvalue weighted by atomic mass is 10.4. The van der Waals surface area contributed by atoms with E-state index in [1.165, 1.54) is 12.3 Å². The van der Waals surface area contributed by atoms with Crippen molar-refractivity contribution in [3.63, 3.8) is 0 Å². The van der Waals surface area contributed by atoms with Crippen LogP contribution in [0.5, 0.6) is 0 Å². The third kappa shape index (κ3) is 2.51. The van der Waals surface area contributed by atoms with Crippen molar-refractivity contribution in [1.29, 1.82) is 0 Å². The van der Waals surface area contributed by atoms with Crippen LogP contribution in [0.1, 0.15) is 6.92 Å². The summed E-state index contributed by atoms with van der Waals surface area (Å²) in [4.78, 5) is 0. The number of sulfonamides is 1. The summed E-state index contributed by atoms with van der Waals surface area (Å²) in [5.41, 5.74) is 5.28. The molecule has 6 nitrogen and oxygen atoms in total. The highest BCUT2D eigenvalue weighted by Gasteiger charge is 2.17. The van der Waals surface area contributed by atoms with E-state index < -0.39 is 10.0 Å². The largest absolute Gasteiger partial charge is 0.329 e. The zero-order valence-corrected chi connectivity index (χ0v) is 8.00. The van der Waals surface area contributed by atoms with E-state index >= 15 is 0 Å². The first kappa shape index (κ1) is 10.2. The van der Waals surface area contributed by atoms with Gasteiger partial charge in [0.15, 0.2) is 5.03 Å². The van der Waals surface area contributed by atoms with Gasteiger partial charge in [0, 0.05) is 12.6 Å². The van der Waals surface area contributed by atoms with Crippen molar-refractivity contribution in [3.05, 3.63) is 12.3 Å². The number of aromatic amines is 1. The molecule has 0 fully saturated rings. The summed E-state index contributed by atoms with van der Waals surface area (Å²) < 4.78 is 25.2.